The van der Waals surface area contributed by atoms with E-state index in [1.807, 2.05) is 0 Å². The maximum Gasteiger partial charge on any atom is 0.00534 e. The van der Waals surface area contributed by atoms with E-state index in [2.05, 4.69) is 49.1 Å². The van der Waals surface area contributed by atoms with Crippen LogP contribution in [0.2, 0.25) is 0 Å². The Hall–Kier alpha value is -0.820. The molecule has 0 aliphatic carbocycles. The van der Waals surface area contributed by atoms with Gasteiger partial charge < -0.3 is 4.90 Å². The molecule has 1 aliphatic heterocycles. The lowest BCUT2D eigenvalue weighted by Crippen LogP contribution is -2.21. The Morgan fingerprint density at radius 1 is 1.20 bits per heavy atom. The normalized spacial score (nSPS) is 27.1. The molecule has 0 unspecified atom stereocenters. The molecule has 1 aromatic carbocycles. The Labute approximate surface area is 93.1 Å². The maximum absolute atomic E-state index is 2.60. The van der Waals surface area contributed by atoms with Gasteiger partial charge in [-0.25, -0.2) is 0 Å². The van der Waals surface area contributed by atoms with Crippen molar-refractivity contribution < 1.29 is 0 Å². The second kappa shape index (κ2) is 4.80. The smallest absolute Gasteiger partial charge is 0.00534 e. The largest absolute Gasteiger partial charge is 0.302 e. The number of rotatable bonds is 3. The van der Waals surface area contributed by atoms with Crippen LogP contribution in [-0.4, -0.2) is 24.5 Å². The fraction of sp³-hybridized carbons (Fsp3) is 0.571. The van der Waals surface area contributed by atoms with E-state index >= 15 is 0 Å². The van der Waals surface area contributed by atoms with Gasteiger partial charge in [0.15, 0.2) is 0 Å². The van der Waals surface area contributed by atoms with Crippen LogP contribution < -0.4 is 0 Å². The first kappa shape index (κ1) is 10.7. The Morgan fingerprint density at radius 2 is 1.93 bits per heavy atom. The molecule has 0 radical (unpaired) electrons. The molecule has 1 heterocycles. The molecule has 1 fully saturated rings. The van der Waals surface area contributed by atoms with Gasteiger partial charge in [-0.1, -0.05) is 44.2 Å². The summed E-state index contributed by atoms with van der Waals surface area (Å²) in [6.45, 7) is 8.42. The van der Waals surface area contributed by atoms with Gasteiger partial charge in [0, 0.05) is 19.0 Å². The van der Waals surface area contributed by atoms with Crippen LogP contribution in [0, 0.1) is 5.92 Å². The van der Waals surface area contributed by atoms with Gasteiger partial charge in [-0.3, -0.25) is 0 Å². The molecule has 1 aliphatic rings. The minimum absolute atomic E-state index is 0.748. The third kappa shape index (κ3) is 2.40. The van der Waals surface area contributed by atoms with Crippen molar-refractivity contribution in [1.29, 1.82) is 0 Å². The molecule has 0 spiro atoms. The van der Waals surface area contributed by atoms with Crippen LogP contribution in [0.1, 0.15) is 31.7 Å². The minimum atomic E-state index is 0.748. The van der Waals surface area contributed by atoms with Crippen molar-refractivity contribution in [2.24, 2.45) is 5.92 Å². The lowest BCUT2D eigenvalue weighted by atomic mass is 9.90. The van der Waals surface area contributed by atoms with Crippen molar-refractivity contribution in [2.45, 2.75) is 26.2 Å². The van der Waals surface area contributed by atoms with Gasteiger partial charge in [0.05, 0.1) is 0 Å². The first-order valence-corrected chi connectivity index (χ1v) is 6.08. The monoisotopic (exact) mass is 203 g/mol. The number of likely N-dealkylation sites (tertiary alicyclic amines) is 1. The van der Waals surface area contributed by atoms with Crippen molar-refractivity contribution in [3.63, 3.8) is 0 Å². The van der Waals surface area contributed by atoms with E-state index in [0.717, 1.165) is 11.8 Å². The molecule has 1 saturated heterocycles. The minimum Gasteiger partial charge on any atom is -0.302 e. The van der Waals surface area contributed by atoms with E-state index in [4.69, 9.17) is 0 Å². The fourth-order valence-corrected chi connectivity index (χ4v) is 2.70. The molecule has 82 valence electrons. The van der Waals surface area contributed by atoms with E-state index in [1.165, 1.54) is 31.6 Å². The van der Waals surface area contributed by atoms with Gasteiger partial charge in [-0.05, 0) is 24.4 Å². The van der Waals surface area contributed by atoms with Crippen LogP contribution in [0.4, 0.5) is 0 Å². The number of benzene rings is 1. The van der Waals surface area contributed by atoms with E-state index in [1.54, 1.807) is 0 Å². The first-order valence-electron chi connectivity index (χ1n) is 6.08. The van der Waals surface area contributed by atoms with Crippen molar-refractivity contribution in [3.8, 4) is 0 Å². The Balaban J connectivity index is 2.05. The highest BCUT2D eigenvalue weighted by molar-refractivity contribution is 5.22. The third-order valence-corrected chi connectivity index (χ3v) is 3.46. The Bertz CT molecular complexity index is 293. The topological polar surface area (TPSA) is 3.24 Å². The zero-order chi connectivity index (χ0) is 10.7. The molecule has 0 bridgehead atoms. The van der Waals surface area contributed by atoms with Crippen LogP contribution in [0.5, 0.6) is 0 Å². The summed E-state index contributed by atoms with van der Waals surface area (Å²) in [7, 11) is 0. The van der Waals surface area contributed by atoms with E-state index in [9.17, 15) is 0 Å². The molecule has 15 heavy (non-hydrogen) atoms. The summed E-state index contributed by atoms with van der Waals surface area (Å²) in [5.41, 5.74) is 1.52. The lowest BCUT2D eigenvalue weighted by molar-refractivity contribution is 0.327. The summed E-state index contributed by atoms with van der Waals surface area (Å²) >= 11 is 0. The number of nitrogens with zero attached hydrogens (tertiary/aromatic N) is 1. The molecule has 1 aromatic rings. The van der Waals surface area contributed by atoms with Crippen molar-refractivity contribution in [3.05, 3.63) is 35.9 Å². The first-order chi connectivity index (χ1) is 7.31. The summed E-state index contributed by atoms with van der Waals surface area (Å²) in [6, 6.07) is 11.0. The van der Waals surface area contributed by atoms with Crippen molar-refractivity contribution in [2.75, 3.05) is 19.6 Å². The predicted octanol–water partition coefficient (Wildman–Crippen LogP) is 3.13. The SMILES string of the molecule is CCCN1C[C@H](c2ccccc2)[C@@H](C)C1. The van der Waals surface area contributed by atoms with Crippen LogP contribution in [0.25, 0.3) is 0 Å². The predicted molar refractivity (Wildman–Crippen MR) is 65.1 cm³/mol. The molecule has 0 saturated carbocycles. The van der Waals surface area contributed by atoms with Gasteiger partial charge in [0.1, 0.15) is 0 Å². The van der Waals surface area contributed by atoms with Crippen LogP contribution in [0.15, 0.2) is 30.3 Å². The zero-order valence-electron chi connectivity index (χ0n) is 9.82. The van der Waals surface area contributed by atoms with Crippen molar-refractivity contribution in [1.82, 2.24) is 4.90 Å². The van der Waals surface area contributed by atoms with Gasteiger partial charge in [-0.2, -0.15) is 0 Å². The summed E-state index contributed by atoms with van der Waals surface area (Å²) < 4.78 is 0. The number of hydrogen-bond acceptors (Lipinski definition) is 1. The van der Waals surface area contributed by atoms with Gasteiger partial charge in [0.25, 0.3) is 0 Å². The summed E-state index contributed by atoms with van der Waals surface area (Å²) in [5.74, 6) is 1.55. The third-order valence-electron chi connectivity index (χ3n) is 3.46. The average molecular weight is 203 g/mol. The van der Waals surface area contributed by atoms with E-state index < -0.39 is 0 Å². The van der Waals surface area contributed by atoms with E-state index in [0.29, 0.717) is 0 Å². The Morgan fingerprint density at radius 3 is 2.60 bits per heavy atom. The van der Waals surface area contributed by atoms with Crippen LogP contribution >= 0.6 is 0 Å². The van der Waals surface area contributed by atoms with Crippen LogP contribution in [0.3, 0.4) is 0 Å². The number of hydrogen-bond donors (Lipinski definition) is 0. The molecule has 1 nitrogen and oxygen atoms in total. The molecule has 0 N–H and O–H groups in total. The lowest BCUT2D eigenvalue weighted by Gasteiger charge is -2.15. The summed E-state index contributed by atoms with van der Waals surface area (Å²) in [4.78, 5) is 2.60. The molecule has 0 amide bonds. The molecule has 2 rings (SSSR count). The highest BCUT2D eigenvalue weighted by atomic mass is 15.1. The molecule has 0 aromatic heterocycles. The van der Waals surface area contributed by atoms with E-state index in [-0.39, 0.29) is 0 Å². The second-order valence-corrected chi connectivity index (χ2v) is 4.75. The van der Waals surface area contributed by atoms with Gasteiger partial charge in [0.2, 0.25) is 0 Å². The fourth-order valence-electron chi connectivity index (χ4n) is 2.70. The van der Waals surface area contributed by atoms with Gasteiger partial charge >= 0.3 is 0 Å². The summed E-state index contributed by atoms with van der Waals surface area (Å²) in [5, 5.41) is 0. The quantitative estimate of drug-likeness (QED) is 0.729. The molecular formula is C14H21N. The van der Waals surface area contributed by atoms with Gasteiger partial charge in [-0.15, -0.1) is 0 Å². The standard InChI is InChI=1S/C14H21N/c1-3-9-15-10-12(2)14(11-15)13-7-5-4-6-8-13/h4-8,12,14H,3,9-11H2,1-2H3/t12-,14-/m0/s1. The molecule has 2 atom stereocenters. The second-order valence-electron chi connectivity index (χ2n) is 4.75. The van der Waals surface area contributed by atoms with Crippen molar-refractivity contribution >= 4 is 0 Å². The molecular weight excluding hydrogens is 182 g/mol. The highest BCUT2D eigenvalue weighted by Gasteiger charge is 2.29. The Kier molecular flexibility index (Phi) is 3.42. The maximum atomic E-state index is 2.60. The summed E-state index contributed by atoms with van der Waals surface area (Å²) in [6.07, 6.45) is 1.27. The molecule has 1 heteroatoms. The highest BCUT2D eigenvalue weighted by Crippen LogP contribution is 2.31. The zero-order valence-corrected chi connectivity index (χ0v) is 9.82. The average Bonchev–Trinajstić information content (AvgIpc) is 2.61. The van der Waals surface area contributed by atoms with Crippen LogP contribution in [-0.2, 0) is 0 Å².